The van der Waals surface area contributed by atoms with Crippen molar-refractivity contribution in [3.63, 3.8) is 0 Å². The summed E-state index contributed by atoms with van der Waals surface area (Å²) in [6, 6.07) is 11.4. The number of carbonyl (C=O) groups is 1. The van der Waals surface area contributed by atoms with Crippen LogP contribution in [-0.4, -0.2) is 30.3 Å². The number of hydrogen-bond donors (Lipinski definition) is 2. The van der Waals surface area contributed by atoms with Crippen molar-refractivity contribution in [2.45, 2.75) is 6.92 Å². The smallest absolute Gasteiger partial charge is 0.273 e. The lowest BCUT2D eigenvalue weighted by atomic mass is 10.1. The quantitative estimate of drug-likeness (QED) is 0.730. The van der Waals surface area contributed by atoms with Crippen molar-refractivity contribution in [2.75, 3.05) is 19.5 Å². The highest BCUT2D eigenvalue weighted by Crippen LogP contribution is 2.29. The molecule has 6 nitrogen and oxygen atoms in total. The fourth-order valence-corrected chi connectivity index (χ4v) is 2.48. The average molecular weight is 355 g/mol. The van der Waals surface area contributed by atoms with Crippen LogP contribution in [0.2, 0.25) is 0 Å². The van der Waals surface area contributed by atoms with Crippen molar-refractivity contribution in [3.05, 3.63) is 59.5 Å². The molecular formula is C19H18FN3O3. The summed E-state index contributed by atoms with van der Waals surface area (Å²) in [6.45, 7) is 1.68. The second-order valence-electron chi connectivity index (χ2n) is 5.65. The van der Waals surface area contributed by atoms with Gasteiger partial charge in [-0.3, -0.25) is 9.89 Å². The number of halogens is 1. The minimum atomic E-state index is -0.369. The van der Waals surface area contributed by atoms with Crippen LogP contribution in [0.15, 0.2) is 42.5 Å². The van der Waals surface area contributed by atoms with E-state index in [0.717, 1.165) is 5.56 Å². The Morgan fingerprint density at radius 1 is 1.12 bits per heavy atom. The maximum absolute atomic E-state index is 13.4. The molecule has 3 rings (SSSR count). The Labute approximate surface area is 150 Å². The van der Waals surface area contributed by atoms with Crippen molar-refractivity contribution >= 4 is 11.6 Å². The summed E-state index contributed by atoms with van der Waals surface area (Å²) in [5, 5.41) is 9.59. The van der Waals surface area contributed by atoms with Gasteiger partial charge in [-0.05, 0) is 48.9 Å². The molecule has 1 aromatic heterocycles. The van der Waals surface area contributed by atoms with Gasteiger partial charge in [0.15, 0.2) is 0 Å². The number of rotatable bonds is 5. The van der Waals surface area contributed by atoms with Gasteiger partial charge in [0.25, 0.3) is 5.91 Å². The molecule has 134 valence electrons. The molecule has 0 radical (unpaired) electrons. The number of nitrogens with one attached hydrogen (secondary N) is 2. The van der Waals surface area contributed by atoms with Crippen LogP contribution in [0.3, 0.4) is 0 Å². The molecule has 0 saturated heterocycles. The van der Waals surface area contributed by atoms with Gasteiger partial charge in [-0.2, -0.15) is 5.10 Å². The van der Waals surface area contributed by atoms with Crippen LogP contribution in [-0.2, 0) is 0 Å². The number of ether oxygens (including phenoxy) is 2. The first-order valence-corrected chi connectivity index (χ1v) is 7.87. The Kier molecular flexibility index (Phi) is 4.88. The van der Waals surface area contributed by atoms with E-state index in [1.54, 1.807) is 50.4 Å². The summed E-state index contributed by atoms with van der Waals surface area (Å²) in [6.07, 6.45) is 0. The van der Waals surface area contributed by atoms with Crippen LogP contribution in [0.25, 0.3) is 11.3 Å². The highest BCUT2D eigenvalue weighted by Gasteiger charge is 2.14. The van der Waals surface area contributed by atoms with Crippen LogP contribution in [0.4, 0.5) is 10.1 Å². The molecule has 1 heterocycles. The summed E-state index contributed by atoms with van der Waals surface area (Å²) in [7, 11) is 3.06. The third kappa shape index (κ3) is 3.51. The molecule has 0 saturated carbocycles. The highest BCUT2D eigenvalue weighted by molar-refractivity contribution is 6.04. The minimum Gasteiger partial charge on any atom is -0.497 e. The van der Waals surface area contributed by atoms with Gasteiger partial charge in [0.05, 0.1) is 25.6 Å². The van der Waals surface area contributed by atoms with Gasteiger partial charge in [0.1, 0.15) is 23.0 Å². The molecule has 7 heteroatoms. The molecule has 0 bridgehead atoms. The zero-order valence-electron chi connectivity index (χ0n) is 14.6. The number of aromatic nitrogens is 2. The Bertz CT molecular complexity index is 953. The molecule has 0 aliphatic carbocycles. The van der Waals surface area contributed by atoms with E-state index < -0.39 is 0 Å². The molecule has 0 fully saturated rings. The molecule has 2 N–H and O–H groups in total. The van der Waals surface area contributed by atoms with Crippen LogP contribution in [0.5, 0.6) is 11.5 Å². The van der Waals surface area contributed by atoms with Crippen LogP contribution in [0, 0.1) is 12.7 Å². The molecule has 2 aromatic carbocycles. The predicted molar refractivity (Wildman–Crippen MR) is 96.2 cm³/mol. The summed E-state index contributed by atoms with van der Waals surface area (Å²) >= 11 is 0. The summed E-state index contributed by atoms with van der Waals surface area (Å²) in [4.78, 5) is 12.5. The Balaban J connectivity index is 1.81. The number of aromatic amines is 1. The second-order valence-corrected chi connectivity index (χ2v) is 5.65. The maximum Gasteiger partial charge on any atom is 0.273 e. The fraction of sp³-hybridized carbons (Fsp3) is 0.158. The van der Waals surface area contributed by atoms with Crippen molar-refractivity contribution in [3.8, 4) is 22.8 Å². The van der Waals surface area contributed by atoms with Gasteiger partial charge in [-0.25, -0.2) is 4.39 Å². The number of carbonyl (C=O) groups excluding carboxylic acids is 1. The van der Waals surface area contributed by atoms with Crippen molar-refractivity contribution in [2.24, 2.45) is 0 Å². The van der Waals surface area contributed by atoms with Crippen LogP contribution in [0.1, 0.15) is 16.1 Å². The van der Waals surface area contributed by atoms with Gasteiger partial charge in [0, 0.05) is 11.6 Å². The molecule has 3 aromatic rings. The van der Waals surface area contributed by atoms with E-state index in [2.05, 4.69) is 15.5 Å². The number of hydrogen-bond acceptors (Lipinski definition) is 4. The van der Waals surface area contributed by atoms with Crippen molar-refractivity contribution in [1.82, 2.24) is 10.2 Å². The predicted octanol–water partition coefficient (Wildman–Crippen LogP) is 3.79. The molecule has 0 atom stereocenters. The number of methoxy groups -OCH3 is 2. The fourth-order valence-electron chi connectivity index (χ4n) is 2.48. The van der Waals surface area contributed by atoms with Crippen LogP contribution >= 0.6 is 0 Å². The first-order chi connectivity index (χ1) is 12.5. The molecule has 0 spiro atoms. The lowest BCUT2D eigenvalue weighted by molar-refractivity contribution is 0.102. The second kappa shape index (κ2) is 7.26. The average Bonchev–Trinajstić information content (AvgIpc) is 3.14. The third-order valence-corrected chi connectivity index (χ3v) is 3.93. The normalized spacial score (nSPS) is 10.5. The van der Waals surface area contributed by atoms with Crippen LogP contribution < -0.4 is 14.8 Å². The lowest BCUT2D eigenvalue weighted by Crippen LogP contribution is -2.13. The molecule has 1 amide bonds. The Morgan fingerprint density at radius 2 is 1.92 bits per heavy atom. The first-order valence-electron chi connectivity index (χ1n) is 7.87. The van der Waals surface area contributed by atoms with E-state index in [-0.39, 0.29) is 17.4 Å². The van der Waals surface area contributed by atoms with E-state index in [4.69, 9.17) is 9.47 Å². The van der Waals surface area contributed by atoms with Gasteiger partial charge < -0.3 is 14.8 Å². The van der Waals surface area contributed by atoms with E-state index in [9.17, 15) is 9.18 Å². The van der Waals surface area contributed by atoms with Gasteiger partial charge in [0.2, 0.25) is 0 Å². The van der Waals surface area contributed by atoms with Crippen molar-refractivity contribution in [1.29, 1.82) is 0 Å². The molecule has 0 aliphatic rings. The Morgan fingerprint density at radius 3 is 2.62 bits per heavy atom. The highest BCUT2D eigenvalue weighted by atomic mass is 19.1. The van der Waals surface area contributed by atoms with Gasteiger partial charge in [-0.15, -0.1) is 0 Å². The van der Waals surface area contributed by atoms with Gasteiger partial charge in [-0.1, -0.05) is 0 Å². The number of H-pyrrole nitrogens is 1. The largest absolute Gasteiger partial charge is 0.497 e. The molecule has 0 aliphatic heterocycles. The van der Waals surface area contributed by atoms with E-state index in [0.29, 0.717) is 28.4 Å². The topological polar surface area (TPSA) is 76.2 Å². The van der Waals surface area contributed by atoms with Gasteiger partial charge >= 0.3 is 0 Å². The van der Waals surface area contributed by atoms with E-state index in [1.165, 1.54) is 13.2 Å². The maximum atomic E-state index is 13.4. The molecule has 0 unspecified atom stereocenters. The summed E-state index contributed by atoms with van der Waals surface area (Å²) in [5.41, 5.74) is 2.58. The zero-order chi connectivity index (χ0) is 18.7. The van der Waals surface area contributed by atoms with E-state index in [1.807, 2.05) is 0 Å². The monoisotopic (exact) mass is 355 g/mol. The number of benzene rings is 2. The standard InChI is InChI=1S/C19H18FN3O3/c1-11-8-12(4-6-14(11)20)16-10-17(23-22-16)19(24)21-15-7-5-13(25-2)9-18(15)26-3/h4-10H,1-3H3,(H,21,24)(H,22,23). The third-order valence-electron chi connectivity index (χ3n) is 3.93. The molecule has 26 heavy (non-hydrogen) atoms. The van der Waals surface area contributed by atoms with E-state index >= 15 is 0 Å². The SMILES string of the molecule is COc1ccc(NC(=O)c2cc(-c3ccc(F)c(C)c3)n[nH]2)c(OC)c1. The minimum absolute atomic E-state index is 0.278. The molecular weight excluding hydrogens is 337 g/mol. The Hall–Kier alpha value is -3.35. The number of aryl methyl sites for hydroxylation is 1. The number of amides is 1. The summed E-state index contributed by atoms with van der Waals surface area (Å²) < 4.78 is 23.8. The summed E-state index contributed by atoms with van der Waals surface area (Å²) in [5.74, 6) is 0.446. The number of anilines is 1. The van der Waals surface area contributed by atoms with Crippen molar-refractivity contribution < 1.29 is 18.7 Å². The lowest BCUT2D eigenvalue weighted by Gasteiger charge is -2.10. The first kappa shape index (κ1) is 17.5. The number of nitrogens with zero attached hydrogens (tertiary/aromatic N) is 1. The zero-order valence-corrected chi connectivity index (χ0v) is 14.6.